The highest BCUT2D eigenvalue weighted by atomic mass is 19.1. The summed E-state index contributed by atoms with van der Waals surface area (Å²) in [5.74, 6) is 1.19. The Labute approximate surface area is 164 Å². The lowest BCUT2D eigenvalue weighted by atomic mass is 10.1. The van der Waals surface area contributed by atoms with E-state index < -0.39 is 0 Å². The van der Waals surface area contributed by atoms with E-state index in [9.17, 15) is 4.39 Å². The second kappa shape index (κ2) is 7.11. The number of aryl methyl sites for hydroxylation is 1. The molecule has 6 heteroatoms. The number of aromatic nitrogens is 2. The lowest BCUT2D eigenvalue weighted by Crippen LogP contribution is -2.47. The SMILES string of the molecule is Nc1nc(CN2CCN(C3CCc4ccc(F)cc43)CC2)nc2ccccc12. The minimum absolute atomic E-state index is 0.129. The maximum atomic E-state index is 13.7. The lowest BCUT2D eigenvalue weighted by Gasteiger charge is -2.38. The molecule has 1 aliphatic carbocycles. The zero-order chi connectivity index (χ0) is 19.1. The highest BCUT2D eigenvalue weighted by molar-refractivity contribution is 5.87. The molecule has 1 unspecified atom stereocenters. The predicted molar refractivity (Wildman–Crippen MR) is 108 cm³/mol. The number of nitrogens with two attached hydrogens (primary N) is 1. The Morgan fingerprint density at radius 2 is 1.86 bits per heavy atom. The van der Waals surface area contributed by atoms with E-state index in [1.54, 1.807) is 12.1 Å². The molecule has 0 saturated carbocycles. The van der Waals surface area contributed by atoms with Crippen LogP contribution < -0.4 is 5.73 Å². The number of anilines is 1. The number of piperazine rings is 1. The summed E-state index contributed by atoms with van der Waals surface area (Å²) in [4.78, 5) is 14.1. The molecule has 0 spiro atoms. The Morgan fingerprint density at radius 3 is 2.71 bits per heavy atom. The maximum absolute atomic E-state index is 13.7. The topological polar surface area (TPSA) is 58.3 Å². The van der Waals surface area contributed by atoms with E-state index in [0.29, 0.717) is 18.4 Å². The van der Waals surface area contributed by atoms with Gasteiger partial charge in [-0.15, -0.1) is 0 Å². The van der Waals surface area contributed by atoms with E-state index in [-0.39, 0.29) is 5.82 Å². The van der Waals surface area contributed by atoms with Gasteiger partial charge < -0.3 is 5.73 Å². The van der Waals surface area contributed by atoms with Crippen LogP contribution in [0.5, 0.6) is 0 Å². The third-order valence-electron chi connectivity index (χ3n) is 6.05. The first-order valence-corrected chi connectivity index (χ1v) is 9.93. The van der Waals surface area contributed by atoms with Crippen LogP contribution in [0.2, 0.25) is 0 Å². The zero-order valence-corrected chi connectivity index (χ0v) is 15.8. The van der Waals surface area contributed by atoms with Crippen LogP contribution in [-0.2, 0) is 13.0 Å². The predicted octanol–water partition coefficient (Wildman–Crippen LogP) is 3.16. The highest BCUT2D eigenvalue weighted by Gasteiger charge is 2.30. The van der Waals surface area contributed by atoms with Crippen molar-refractivity contribution in [3.63, 3.8) is 0 Å². The van der Waals surface area contributed by atoms with Crippen LogP contribution in [0.25, 0.3) is 10.9 Å². The van der Waals surface area contributed by atoms with Gasteiger partial charge in [0, 0.05) is 37.6 Å². The number of nitrogen functional groups attached to an aromatic ring is 1. The van der Waals surface area contributed by atoms with Gasteiger partial charge >= 0.3 is 0 Å². The molecular formula is C22H24FN5. The molecule has 0 bridgehead atoms. The minimum Gasteiger partial charge on any atom is -0.383 e. The molecule has 28 heavy (non-hydrogen) atoms. The van der Waals surface area contributed by atoms with Crippen LogP contribution in [0.3, 0.4) is 0 Å². The first kappa shape index (κ1) is 17.5. The van der Waals surface area contributed by atoms with Gasteiger partial charge in [0.2, 0.25) is 0 Å². The van der Waals surface area contributed by atoms with Crippen molar-refractivity contribution in [3.8, 4) is 0 Å². The molecule has 0 radical (unpaired) electrons. The second-order valence-electron chi connectivity index (χ2n) is 7.75. The van der Waals surface area contributed by atoms with Gasteiger partial charge in [-0.05, 0) is 48.2 Å². The summed E-state index contributed by atoms with van der Waals surface area (Å²) < 4.78 is 13.7. The third-order valence-corrected chi connectivity index (χ3v) is 6.05. The molecule has 1 atom stereocenters. The molecule has 144 valence electrons. The number of nitrogens with zero attached hydrogens (tertiary/aromatic N) is 4. The molecule has 1 aliphatic heterocycles. The molecule has 2 heterocycles. The average Bonchev–Trinajstić information content (AvgIpc) is 3.12. The van der Waals surface area contributed by atoms with E-state index in [1.165, 1.54) is 11.1 Å². The summed E-state index contributed by atoms with van der Waals surface area (Å²) in [5.41, 5.74) is 9.49. The van der Waals surface area contributed by atoms with Crippen LogP contribution in [0.15, 0.2) is 42.5 Å². The number of halogens is 1. The van der Waals surface area contributed by atoms with Crippen LogP contribution in [0, 0.1) is 5.82 Å². The van der Waals surface area contributed by atoms with E-state index in [4.69, 9.17) is 5.73 Å². The molecule has 2 aliphatic rings. The second-order valence-corrected chi connectivity index (χ2v) is 7.75. The van der Waals surface area contributed by atoms with Gasteiger partial charge in [0.15, 0.2) is 0 Å². The Balaban J connectivity index is 1.26. The first-order valence-electron chi connectivity index (χ1n) is 9.93. The number of hydrogen-bond acceptors (Lipinski definition) is 5. The minimum atomic E-state index is -0.129. The third kappa shape index (κ3) is 3.23. The number of fused-ring (bicyclic) bond motifs is 2. The van der Waals surface area contributed by atoms with Crippen LogP contribution in [0.1, 0.15) is 29.4 Å². The summed E-state index contributed by atoms with van der Waals surface area (Å²) >= 11 is 0. The normalized spacial score (nSPS) is 20.5. The van der Waals surface area contributed by atoms with Gasteiger partial charge in [-0.1, -0.05) is 18.2 Å². The largest absolute Gasteiger partial charge is 0.383 e. The monoisotopic (exact) mass is 377 g/mol. The van der Waals surface area contributed by atoms with E-state index in [0.717, 1.165) is 55.7 Å². The molecule has 5 rings (SSSR count). The fourth-order valence-electron chi connectivity index (χ4n) is 4.59. The summed E-state index contributed by atoms with van der Waals surface area (Å²) in [5, 5.41) is 0.906. The fraction of sp³-hybridized carbons (Fsp3) is 0.364. The zero-order valence-electron chi connectivity index (χ0n) is 15.8. The van der Waals surface area contributed by atoms with Crippen LogP contribution in [-0.4, -0.2) is 45.9 Å². The molecular weight excluding hydrogens is 353 g/mol. The van der Waals surface area contributed by atoms with Gasteiger partial charge in [-0.3, -0.25) is 9.80 Å². The molecule has 0 amide bonds. The van der Waals surface area contributed by atoms with Crippen LogP contribution in [0.4, 0.5) is 10.2 Å². The van der Waals surface area contributed by atoms with Gasteiger partial charge in [0.25, 0.3) is 0 Å². The van der Waals surface area contributed by atoms with Crippen molar-refractivity contribution < 1.29 is 4.39 Å². The van der Waals surface area contributed by atoms with Crippen molar-refractivity contribution in [3.05, 3.63) is 65.2 Å². The van der Waals surface area contributed by atoms with Crippen molar-refractivity contribution >= 4 is 16.7 Å². The molecule has 2 N–H and O–H groups in total. The molecule has 1 aromatic heterocycles. The van der Waals surface area contributed by atoms with Crippen molar-refractivity contribution in [1.82, 2.24) is 19.8 Å². The average molecular weight is 377 g/mol. The van der Waals surface area contributed by atoms with Gasteiger partial charge in [0.1, 0.15) is 17.5 Å². The quantitative estimate of drug-likeness (QED) is 0.760. The smallest absolute Gasteiger partial charge is 0.145 e. The summed E-state index contributed by atoms with van der Waals surface area (Å²) in [6, 6.07) is 13.5. The first-order chi connectivity index (χ1) is 13.7. The summed E-state index contributed by atoms with van der Waals surface area (Å²) in [6.45, 7) is 4.57. The van der Waals surface area contributed by atoms with Crippen molar-refractivity contribution in [1.29, 1.82) is 0 Å². The van der Waals surface area contributed by atoms with Gasteiger partial charge in [-0.25, -0.2) is 14.4 Å². The molecule has 5 nitrogen and oxygen atoms in total. The number of rotatable bonds is 3. The molecule has 3 aromatic rings. The van der Waals surface area contributed by atoms with E-state index in [1.807, 2.05) is 30.3 Å². The summed E-state index contributed by atoms with van der Waals surface area (Å²) in [7, 11) is 0. The summed E-state index contributed by atoms with van der Waals surface area (Å²) in [6.07, 6.45) is 2.13. The van der Waals surface area contributed by atoms with Gasteiger partial charge in [-0.2, -0.15) is 0 Å². The number of benzene rings is 2. The van der Waals surface area contributed by atoms with Crippen molar-refractivity contribution in [2.24, 2.45) is 0 Å². The Morgan fingerprint density at radius 1 is 1.04 bits per heavy atom. The Bertz CT molecular complexity index is 1010. The molecule has 1 fully saturated rings. The number of hydrogen-bond donors (Lipinski definition) is 1. The maximum Gasteiger partial charge on any atom is 0.145 e. The standard InChI is InChI=1S/C22H24FN5/c23-16-7-5-15-6-8-20(18(15)13-16)28-11-9-27(10-12-28)14-21-25-19-4-2-1-3-17(19)22(24)26-21/h1-5,7,13,20H,6,8-12,14H2,(H2,24,25,26). The van der Waals surface area contributed by atoms with Gasteiger partial charge in [0.05, 0.1) is 12.1 Å². The van der Waals surface area contributed by atoms with E-state index in [2.05, 4.69) is 19.8 Å². The highest BCUT2D eigenvalue weighted by Crippen LogP contribution is 2.36. The molecule has 2 aromatic carbocycles. The molecule has 1 saturated heterocycles. The van der Waals surface area contributed by atoms with Crippen molar-refractivity contribution in [2.45, 2.75) is 25.4 Å². The Kier molecular flexibility index (Phi) is 4.45. The Hall–Kier alpha value is -2.57. The lowest BCUT2D eigenvalue weighted by molar-refractivity contribution is 0.0902. The van der Waals surface area contributed by atoms with Crippen molar-refractivity contribution in [2.75, 3.05) is 31.9 Å². The van der Waals surface area contributed by atoms with Crippen LogP contribution >= 0.6 is 0 Å². The van der Waals surface area contributed by atoms with E-state index >= 15 is 0 Å². The number of para-hydroxylation sites is 1. The fourth-order valence-corrected chi connectivity index (χ4v) is 4.59.